The maximum absolute atomic E-state index is 12.4. The number of hydrogen-bond acceptors (Lipinski definition) is 7. The second-order valence-electron chi connectivity index (χ2n) is 7.19. The van der Waals surface area contributed by atoms with E-state index in [0.717, 1.165) is 33.8 Å². The molecular formula is C21H22N4O4S. The first-order valence-electron chi connectivity index (χ1n) is 9.76. The fourth-order valence-corrected chi connectivity index (χ4v) is 4.45. The Balaban J connectivity index is 1.45. The number of rotatable bonds is 5. The molecule has 1 fully saturated rings. The Bertz CT molecular complexity index is 1150. The van der Waals surface area contributed by atoms with Crippen molar-refractivity contribution < 1.29 is 13.9 Å². The smallest absolute Gasteiger partial charge is 0.408 e. The largest absolute Gasteiger partial charge is 0.419 e. The first kappa shape index (κ1) is 20.3. The van der Waals surface area contributed by atoms with Gasteiger partial charge in [0.05, 0.1) is 11.6 Å². The summed E-state index contributed by atoms with van der Waals surface area (Å²) in [5, 5.41) is 15.5. The van der Waals surface area contributed by atoms with Crippen molar-refractivity contribution in [2.75, 3.05) is 19.7 Å². The maximum atomic E-state index is 12.4. The molecule has 0 aliphatic carbocycles. The van der Waals surface area contributed by atoms with Gasteiger partial charge in [-0.05, 0) is 48.9 Å². The molecule has 2 atom stereocenters. The molecule has 8 nitrogen and oxygen atoms in total. The van der Waals surface area contributed by atoms with Crippen LogP contribution >= 0.6 is 11.3 Å². The van der Waals surface area contributed by atoms with E-state index >= 15 is 0 Å². The number of nitrogens with zero attached hydrogens (tertiary/aromatic N) is 2. The number of nitriles is 1. The van der Waals surface area contributed by atoms with Crippen molar-refractivity contribution in [3.05, 3.63) is 45.8 Å². The lowest BCUT2D eigenvalue weighted by molar-refractivity contribution is -0.132. The lowest BCUT2D eigenvalue weighted by Gasteiger charge is -2.17. The van der Waals surface area contributed by atoms with E-state index in [9.17, 15) is 14.9 Å². The molecule has 0 spiro atoms. The molecule has 4 rings (SSSR count). The molecule has 0 radical (unpaired) electrons. The van der Waals surface area contributed by atoms with Gasteiger partial charge in [-0.1, -0.05) is 0 Å². The molecular weight excluding hydrogens is 404 g/mol. The van der Waals surface area contributed by atoms with Gasteiger partial charge in [0, 0.05) is 36.4 Å². The van der Waals surface area contributed by atoms with Crippen LogP contribution in [-0.2, 0) is 23.0 Å². The van der Waals surface area contributed by atoms with Crippen LogP contribution in [0.5, 0.6) is 0 Å². The Morgan fingerprint density at radius 2 is 2.30 bits per heavy atom. The maximum Gasteiger partial charge on any atom is 0.419 e. The molecule has 0 bridgehead atoms. The average Bonchev–Trinajstić information content (AvgIpc) is 3.19. The molecule has 1 unspecified atom stereocenters. The number of ether oxygens (including phenoxy) is 1. The van der Waals surface area contributed by atoms with Crippen molar-refractivity contribution in [3.63, 3.8) is 0 Å². The van der Waals surface area contributed by atoms with E-state index in [1.165, 1.54) is 4.57 Å². The summed E-state index contributed by atoms with van der Waals surface area (Å²) in [5.74, 6) is -0.659. The van der Waals surface area contributed by atoms with Crippen molar-refractivity contribution in [2.24, 2.45) is 7.05 Å². The van der Waals surface area contributed by atoms with Gasteiger partial charge >= 0.3 is 5.76 Å². The van der Waals surface area contributed by atoms with Crippen molar-refractivity contribution in [1.29, 1.82) is 5.26 Å². The molecule has 3 aromatic rings. The van der Waals surface area contributed by atoms with Gasteiger partial charge in [0.1, 0.15) is 12.1 Å². The van der Waals surface area contributed by atoms with Crippen LogP contribution in [0, 0.1) is 11.3 Å². The Hall–Kier alpha value is -2.93. The van der Waals surface area contributed by atoms with Crippen LogP contribution in [0.2, 0.25) is 0 Å². The van der Waals surface area contributed by atoms with Crippen LogP contribution in [0.4, 0.5) is 0 Å². The van der Waals surface area contributed by atoms with Crippen LogP contribution in [0.3, 0.4) is 0 Å². The molecule has 1 amide bonds. The van der Waals surface area contributed by atoms with Crippen molar-refractivity contribution in [1.82, 2.24) is 15.2 Å². The SMILES string of the molecule is Cn1c(=O)oc2ccc(-c3ccc(C[C@@H](C#N)NC(=O)C4CNCCCO4)s3)cc21. The third-order valence-corrected chi connectivity index (χ3v) is 6.21. The van der Waals surface area contributed by atoms with E-state index < -0.39 is 17.9 Å². The molecule has 30 heavy (non-hydrogen) atoms. The molecule has 2 N–H and O–H groups in total. The third-order valence-electron chi connectivity index (χ3n) is 5.05. The summed E-state index contributed by atoms with van der Waals surface area (Å²) < 4.78 is 12.2. The molecule has 156 valence electrons. The molecule has 9 heteroatoms. The standard InChI is InChI=1S/C21H22N4O4S/c1-25-16-9-13(3-5-17(16)29-21(25)27)19-6-4-15(30-19)10-14(11-22)24-20(26)18-12-23-7-2-8-28-18/h3-6,9,14,18,23H,2,7-8,10,12H2,1H3,(H,24,26)/t14-,18?/m0/s1. The van der Waals surface area contributed by atoms with E-state index in [-0.39, 0.29) is 5.91 Å². The zero-order valence-electron chi connectivity index (χ0n) is 16.5. The average molecular weight is 426 g/mol. The topological polar surface area (TPSA) is 109 Å². The molecule has 0 saturated carbocycles. The van der Waals surface area contributed by atoms with Crippen LogP contribution in [-0.4, -0.2) is 42.3 Å². The summed E-state index contributed by atoms with van der Waals surface area (Å²) in [6.07, 6.45) is 0.706. The summed E-state index contributed by atoms with van der Waals surface area (Å²) in [7, 11) is 1.67. The van der Waals surface area contributed by atoms with Crippen molar-refractivity contribution in [3.8, 4) is 16.5 Å². The predicted molar refractivity (Wildman–Crippen MR) is 113 cm³/mol. The van der Waals surface area contributed by atoms with Gasteiger partial charge < -0.3 is 19.8 Å². The van der Waals surface area contributed by atoms with Crippen LogP contribution in [0.25, 0.3) is 21.5 Å². The van der Waals surface area contributed by atoms with E-state index in [1.54, 1.807) is 24.5 Å². The second-order valence-corrected chi connectivity index (χ2v) is 8.36. The Morgan fingerprint density at radius 3 is 3.13 bits per heavy atom. The molecule has 1 saturated heterocycles. The van der Waals surface area contributed by atoms with Crippen molar-refractivity contribution in [2.45, 2.75) is 25.0 Å². The van der Waals surface area contributed by atoms with E-state index in [0.29, 0.717) is 25.2 Å². The number of hydrogen-bond donors (Lipinski definition) is 2. The zero-order chi connectivity index (χ0) is 21.1. The van der Waals surface area contributed by atoms with Gasteiger partial charge in [-0.2, -0.15) is 5.26 Å². The molecule has 1 aliphatic heterocycles. The number of benzene rings is 1. The van der Waals surface area contributed by atoms with Crippen LogP contribution in [0.1, 0.15) is 11.3 Å². The minimum absolute atomic E-state index is 0.265. The minimum atomic E-state index is -0.631. The number of carbonyl (C=O) groups excluding carboxylic acids is 1. The number of fused-ring (bicyclic) bond motifs is 1. The highest BCUT2D eigenvalue weighted by molar-refractivity contribution is 7.15. The predicted octanol–water partition coefficient (Wildman–Crippen LogP) is 1.79. The molecule has 1 aliphatic rings. The number of oxazole rings is 1. The summed E-state index contributed by atoms with van der Waals surface area (Å²) in [5.41, 5.74) is 2.24. The first-order valence-corrected chi connectivity index (χ1v) is 10.6. The lowest BCUT2D eigenvalue weighted by Crippen LogP contribution is -2.46. The van der Waals surface area contributed by atoms with Gasteiger partial charge in [0.2, 0.25) is 0 Å². The number of aromatic nitrogens is 1. The molecule has 2 aromatic heterocycles. The normalized spacial score (nSPS) is 17.9. The highest BCUT2D eigenvalue weighted by Gasteiger charge is 2.23. The Labute approximate surface area is 177 Å². The van der Waals surface area contributed by atoms with Gasteiger partial charge in [0.15, 0.2) is 5.58 Å². The van der Waals surface area contributed by atoms with Gasteiger partial charge in [-0.3, -0.25) is 9.36 Å². The lowest BCUT2D eigenvalue weighted by atomic mass is 10.1. The Morgan fingerprint density at radius 1 is 1.43 bits per heavy atom. The molecule has 3 heterocycles. The van der Waals surface area contributed by atoms with Crippen LogP contribution < -0.4 is 16.4 Å². The van der Waals surface area contributed by atoms with E-state index in [4.69, 9.17) is 9.15 Å². The highest BCUT2D eigenvalue weighted by Crippen LogP contribution is 2.30. The quantitative estimate of drug-likeness (QED) is 0.644. The third kappa shape index (κ3) is 4.31. The number of carbonyl (C=O) groups is 1. The summed E-state index contributed by atoms with van der Waals surface area (Å²) in [6, 6.07) is 11.1. The van der Waals surface area contributed by atoms with E-state index in [2.05, 4.69) is 16.7 Å². The van der Waals surface area contributed by atoms with Crippen LogP contribution in [0.15, 0.2) is 39.5 Å². The monoisotopic (exact) mass is 426 g/mol. The number of aryl methyl sites for hydroxylation is 1. The van der Waals surface area contributed by atoms with Crippen molar-refractivity contribution >= 4 is 28.3 Å². The molecule has 1 aromatic carbocycles. The number of nitrogens with one attached hydrogen (secondary N) is 2. The summed E-state index contributed by atoms with van der Waals surface area (Å²) >= 11 is 1.55. The fourth-order valence-electron chi connectivity index (χ4n) is 3.40. The Kier molecular flexibility index (Phi) is 5.99. The number of amides is 1. The minimum Gasteiger partial charge on any atom is -0.408 e. The highest BCUT2D eigenvalue weighted by atomic mass is 32.1. The zero-order valence-corrected chi connectivity index (χ0v) is 17.3. The fraction of sp³-hybridized carbons (Fsp3) is 0.381. The van der Waals surface area contributed by atoms with Gasteiger partial charge in [0.25, 0.3) is 5.91 Å². The number of thiophene rings is 1. The second kappa shape index (κ2) is 8.83. The van der Waals surface area contributed by atoms with Gasteiger partial charge in [-0.15, -0.1) is 11.3 Å². The summed E-state index contributed by atoms with van der Waals surface area (Å²) in [4.78, 5) is 26.1. The van der Waals surface area contributed by atoms with E-state index in [1.807, 2.05) is 24.3 Å². The summed E-state index contributed by atoms with van der Waals surface area (Å²) in [6.45, 7) is 1.80. The van der Waals surface area contributed by atoms with Gasteiger partial charge in [-0.25, -0.2) is 4.79 Å². The first-order chi connectivity index (χ1) is 14.5.